The maximum Gasteiger partial charge on any atom is 0.282 e. The molecule has 2 aromatic carbocycles. The minimum atomic E-state index is -0.472. The second kappa shape index (κ2) is 8.45. The molecule has 0 spiro atoms. The monoisotopic (exact) mass is 454 g/mol. The van der Waals surface area contributed by atoms with Crippen LogP contribution in [0.4, 0.5) is 11.4 Å². The number of halogens is 1. The van der Waals surface area contributed by atoms with Crippen LogP contribution < -0.4 is 19.7 Å². The van der Waals surface area contributed by atoms with Crippen LogP contribution in [0.5, 0.6) is 11.5 Å². The highest BCUT2D eigenvalue weighted by Crippen LogP contribution is 2.38. The van der Waals surface area contributed by atoms with Gasteiger partial charge >= 0.3 is 0 Å². The molecule has 0 saturated heterocycles. The molecule has 8 heteroatoms. The first kappa shape index (κ1) is 21.0. The van der Waals surface area contributed by atoms with Crippen molar-refractivity contribution in [2.24, 2.45) is 0 Å². The zero-order valence-electron chi connectivity index (χ0n) is 17.1. The largest absolute Gasteiger partial charge is 0.497 e. The van der Waals surface area contributed by atoms with Crippen molar-refractivity contribution < 1.29 is 19.1 Å². The highest BCUT2D eigenvalue weighted by Gasteiger charge is 2.41. The molecule has 158 valence electrons. The van der Waals surface area contributed by atoms with Gasteiger partial charge in [-0.3, -0.25) is 9.59 Å². The first-order valence-corrected chi connectivity index (χ1v) is 10.6. The lowest BCUT2D eigenvalue weighted by Gasteiger charge is -2.17. The van der Waals surface area contributed by atoms with Gasteiger partial charge in [0.25, 0.3) is 11.8 Å². The summed E-state index contributed by atoms with van der Waals surface area (Å²) in [6.07, 6.45) is 0. The summed E-state index contributed by atoms with van der Waals surface area (Å²) >= 11 is 7.63. The number of aryl methyl sites for hydroxylation is 1. The van der Waals surface area contributed by atoms with Crippen molar-refractivity contribution in [2.75, 3.05) is 24.4 Å². The number of carbonyl (C=O) groups is 2. The number of hydrogen-bond donors (Lipinski definition) is 1. The highest BCUT2D eigenvalue weighted by atomic mass is 35.5. The number of nitrogens with one attached hydrogen (secondary N) is 1. The van der Waals surface area contributed by atoms with Gasteiger partial charge < -0.3 is 14.8 Å². The molecule has 0 saturated carbocycles. The molecule has 0 fully saturated rings. The predicted octanol–water partition coefficient (Wildman–Crippen LogP) is 5.12. The fourth-order valence-electron chi connectivity index (χ4n) is 3.27. The van der Waals surface area contributed by atoms with Crippen LogP contribution in [-0.4, -0.2) is 26.0 Å². The standard InChI is InChI=1S/C23H19ClN2O4S/c1-13-6-7-14(9-18(13)24)25-21-20(19-5-4-8-31-19)22(27)26(23(21)28)15-10-16(29-2)12-17(11-15)30-3/h4-12,25H,1-3H3. The molecule has 3 aromatic rings. The fraction of sp³-hybridized carbons (Fsp3) is 0.130. The van der Waals surface area contributed by atoms with Crippen molar-refractivity contribution >= 4 is 51.7 Å². The lowest BCUT2D eigenvalue weighted by Crippen LogP contribution is -2.32. The van der Waals surface area contributed by atoms with E-state index in [2.05, 4.69) is 5.32 Å². The van der Waals surface area contributed by atoms with E-state index < -0.39 is 11.8 Å². The second-order valence-corrected chi connectivity index (χ2v) is 8.19. The van der Waals surface area contributed by atoms with Crippen molar-refractivity contribution in [3.05, 3.63) is 75.1 Å². The van der Waals surface area contributed by atoms with E-state index in [1.54, 1.807) is 24.3 Å². The van der Waals surface area contributed by atoms with E-state index >= 15 is 0 Å². The number of methoxy groups -OCH3 is 2. The number of anilines is 2. The number of amides is 2. The van der Waals surface area contributed by atoms with Gasteiger partial charge in [-0.2, -0.15) is 0 Å². The Morgan fingerprint density at radius 2 is 1.68 bits per heavy atom. The second-order valence-electron chi connectivity index (χ2n) is 6.83. The Bertz CT molecular complexity index is 1180. The molecule has 0 aliphatic carbocycles. The number of nitrogens with zero attached hydrogens (tertiary/aromatic N) is 1. The van der Waals surface area contributed by atoms with Crippen LogP contribution >= 0.6 is 22.9 Å². The summed E-state index contributed by atoms with van der Waals surface area (Å²) in [5, 5.41) is 5.53. The quantitative estimate of drug-likeness (QED) is 0.523. The third-order valence-electron chi connectivity index (χ3n) is 4.89. The van der Waals surface area contributed by atoms with Gasteiger partial charge in [0.05, 0.1) is 25.5 Å². The van der Waals surface area contributed by atoms with Gasteiger partial charge in [-0.15, -0.1) is 11.3 Å². The van der Waals surface area contributed by atoms with Crippen LogP contribution in [0.2, 0.25) is 5.02 Å². The molecule has 1 aliphatic heterocycles. The third kappa shape index (κ3) is 3.89. The number of hydrogen-bond acceptors (Lipinski definition) is 6. The van der Waals surface area contributed by atoms with Gasteiger partial charge in [0.1, 0.15) is 17.2 Å². The third-order valence-corrected chi connectivity index (χ3v) is 6.18. The Balaban J connectivity index is 1.80. The molecule has 1 aliphatic rings. The molecule has 0 bridgehead atoms. The molecular weight excluding hydrogens is 436 g/mol. The minimum Gasteiger partial charge on any atom is -0.497 e. The molecule has 0 radical (unpaired) electrons. The molecule has 2 heterocycles. The number of carbonyl (C=O) groups excluding carboxylic acids is 2. The first-order valence-electron chi connectivity index (χ1n) is 9.36. The molecule has 2 amide bonds. The molecule has 0 unspecified atom stereocenters. The molecule has 1 aromatic heterocycles. The Morgan fingerprint density at radius 1 is 0.968 bits per heavy atom. The van der Waals surface area contributed by atoms with E-state index in [4.69, 9.17) is 21.1 Å². The zero-order chi connectivity index (χ0) is 22.1. The Kier molecular flexibility index (Phi) is 5.71. The highest BCUT2D eigenvalue weighted by molar-refractivity contribution is 7.11. The summed E-state index contributed by atoms with van der Waals surface area (Å²) in [6.45, 7) is 1.89. The fourth-order valence-corrected chi connectivity index (χ4v) is 4.21. The van der Waals surface area contributed by atoms with Crippen molar-refractivity contribution in [3.8, 4) is 11.5 Å². The van der Waals surface area contributed by atoms with Crippen LogP contribution in [0.25, 0.3) is 5.57 Å². The van der Waals surface area contributed by atoms with E-state index in [-0.39, 0.29) is 5.70 Å². The minimum absolute atomic E-state index is 0.189. The van der Waals surface area contributed by atoms with E-state index in [9.17, 15) is 9.59 Å². The van der Waals surface area contributed by atoms with Crippen LogP contribution in [0.3, 0.4) is 0 Å². The number of ether oxygens (including phenoxy) is 2. The normalized spacial score (nSPS) is 13.7. The average Bonchev–Trinajstić information content (AvgIpc) is 3.37. The van der Waals surface area contributed by atoms with Gasteiger partial charge in [0.15, 0.2) is 0 Å². The van der Waals surface area contributed by atoms with E-state index in [0.717, 1.165) is 10.5 Å². The Morgan fingerprint density at radius 3 is 2.26 bits per heavy atom. The summed E-state index contributed by atoms with van der Waals surface area (Å²) in [4.78, 5) is 28.7. The van der Waals surface area contributed by atoms with Crippen molar-refractivity contribution in [1.82, 2.24) is 0 Å². The van der Waals surface area contributed by atoms with Gasteiger partial charge in [0, 0.05) is 33.8 Å². The van der Waals surface area contributed by atoms with Crippen LogP contribution in [0, 0.1) is 6.92 Å². The molecule has 4 rings (SSSR count). The lowest BCUT2D eigenvalue weighted by atomic mass is 10.1. The van der Waals surface area contributed by atoms with Crippen molar-refractivity contribution in [1.29, 1.82) is 0 Å². The molecule has 1 N–H and O–H groups in total. The van der Waals surface area contributed by atoms with Crippen molar-refractivity contribution in [2.45, 2.75) is 6.92 Å². The van der Waals surface area contributed by atoms with Crippen LogP contribution in [0.1, 0.15) is 10.4 Å². The van der Waals surface area contributed by atoms with Gasteiger partial charge in [-0.1, -0.05) is 23.7 Å². The van der Waals surface area contributed by atoms with E-state index in [1.165, 1.54) is 25.6 Å². The van der Waals surface area contributed by atoms with Crippen LogP contribution in [-0.2, 0) is 9.59 Å². The summed E-state index contributed by atoms with van der Waals surface area (Å²) in [7, 11) is 3.02. The van der Waals surface area contributed by atoms with Gasteiger partial charge in [-0.05, 0) is 36.1 Å². The number of benzene rings is 2. The van der Waals surface area contributed by atoms with Crippen molar-refractivity contribution in [3.63, 3.8) is 0 Å². The molecular formula is C23H19ClN2O4S. The SMILES string of the molecule is COc1cc(OC)cc(N2C(=O)C(Nc3ccc(C)c(Cl)c3)=C(c3cccs3)C2=O)c1. The van der Waals surface area contributed by atoms with Crippen LogP contribution in [0.15, 0.2) is 59.6 Å². The van der Waals surface area contributed by atoms with E-state index in [1.807, 2.05) is 36.6 Å². The van der Waals surface area contributed by atoms with Gasteiger partial charge in [0.2, 0.25) is 0 Å². The smallest absolute Gasteiger partial charge is 0.282 e. The molecule has 0 atom stereocenters. The predicted molar refractivity (Wildman–Crippen MR) is 123 cm³/mol. The Labute approximate surface area is 188 Å². The number of imide groups is 1. The molecule has 6 nitrogen and oxygen atoms in total. The number of thiophene rings is 1. The topological polar surface area (TPSA) is 67.9 Å². The number of rotatable bonds is 6. The summed E-state index contributed by atoms with van der Waals surface area (Å²) in [6, 6.07) is 14.0. The molecule has 31 heavy (non-hydrogen) atoms. The van der Waals surface area contributed by atoms with E-state index in [0.29, 0.717) is 38.3 Å². The zero-order valence-corrected chi connectivity index (χ0v) is 18.6. The summed E-state index contributed by atoms with van der Waals surface area (Å²) in [5.41, 5.74) is 2.39. The first-order chi connectivity index (χ1) is 14.9. The maximum absolute atomic E-state index is 13.5. The van der Waals surface area contributed by atoms with Gasteiger partial charge in [-0.25, -0.2) is 4.90 Å². The average molecular weight is 455 g/mol. The summed E-state index contributed by atoms with van der Waals surface area (Å²) < 4.78 is 10.6. The lowest BCUT2D eigenvalue weighted by molar-refractivity contribution is -0.120. The maximum atomic E-state index is 13.5. The Hall–Kier alpha value is -3.29. The summed E-state index contributed by atoms with van der Waals surface area (Å²) in [5.74, 6) is 0.0440.